The highest BCUT2D eigenvalue weighted by molar-refractivity contribution is 9.10. The lowest BCUT2D eigenvalue weighted by molar-refractivity contribution is -0.139. The highest BCUT2D eigenvalue weighted by atomic mass is 79.9. The average molecular weight is 424 g/mol. The minimum atomic E-state index is -1.08. The van der Waals surface area contributed by atoms with E-state index in [0.29, 0.717) is 22.8 Å². The molecule has 0 amide bonds. The van der Waals surface area contributed by atoms with Crippen LogP contribution in [0.25, 0.3) is 11.5 Å². The van der Waals surface area contributed by atoms with Crippen LogP contribution in [0.3, 0.4) is 0 Å². The first kappa shape index (κ1) is 17.4. The Balaban J connectivity index is 2.11. The molecule has 6 nitrogen and oxygen atoms in total. The molecule has 0 spiro atoms. The zero-order chi connectivity index (χ0) is 17.8. The van der Waals surface area contributed by atoms with Crippen molar-refractivity contribution in [2.45, 2.75) is 6.42 Å². The number of carboxylic acid groups (broad SMARTS) is 1. The van der Waals surface area contributed by atoms with Gasteiger partial charge in [0.15, 0.2) is 12.9 Å². The van der Waals surface area contributed by atoms with E-state index in [-0.39, 0.29) is 5.89 Å². The molecule has 0 saturated carbocycles. The average Bonchev–Trinajstić information content (AvgIpc) is 3.11. The summed E-state index contributed by atoms with van der Waals surface area (Å²) in [7, 11) is 0. The summed E-state index contributed by atoms with van der Waals surface area (Å²) in [6.45, 7) is -0.478. The van der Waals surface area contributed by atoms with Crippen LogP contribution in [0.4, 0.5) is 0 Å². The molecule has 2 aromatic carbocycles. The fourth-order valence-electron chi connectivity index (χ4n) is 2.38. The smallest absolute Gasteiger partial charge is 0.341 e. The lowest BCUT2D eigenvalue weighted by Gasteiger charge is -2.15. The van der Waals surface area contributed by atoms with Gasteiger partial charge in [-0.1, -0.05) is 50.9 Å². The van der Waals surface area contributed by atoms with Gasteiger partial charge in [-0.15, -0.1) is 0 Å². The first-order valence-electron chi connectivity index (χ1n) is 7.22. The molecule has 25 heavy (non-hydrogen) atoms. The molecule has 0 aliphatic heterocycles. The quantitative estimate of drug-likeness (QED) is 0.639. The number of aromatic nitrogens is 2. The van der Waals surface area contributed by atoms with Gasteiger partial charge in [-0.3, -0.25) is 0 Å². The number of ether oxygens (including phenoxy) is 1. The standard InChI is InChI=1S/C17H12BrClN2O4/c18-12-5-6-14(24-8-15(22)23)16(17-20-9-21-25-17)11(12)7-10-3-1-2-4-13(10)19/h1-6,9H,7-8H2,(H,22,23). The molecule has 0 bridgehead atoms. The molecule has 8 heteroatoms. The molecular weight excluding hydrogens is 412 g/mol. The van der Waals surface area contributed by atoms with E-state index in [1.165, 1.54) is 6.33 Å². The Kier molecular flexibility index (Phi) is 5.35. The van der Waals surface area contributed by atoms with Crippen molar-refractivity contribution in [3.05, 3.63) is 63.3 Å². The van der Waals surface area contributed by atoms with Crippen molar-refractivity contribution in [1.82, 2.24) is 10.1 Å². The van der Waals surface area contributed by atoms with Crippen LogP contribution in [0, 0.1) is 0 Å². The third kappa shape index (κ3) is 4.00. The van der Waals surface area contributed by atoms with Crippen LogP contribution in [0.5, 0.6) is 5.75 Å². The second-order valence-corrected chi connectivity index (χ2v) is 6.36. The molecule has 1 aromatic heterocycles. The number of carboxylic acids is 1. The van der Waals surface area contributed by atoms with Gasteiger partial charge >= 0.3 is 5.97 Å². The maximum atomic E-state index is 10.9. The molecule has 1 heterocycles. The van der Waals surface area contributed by atoms with E-state index in [4.69, 9.17) is 26.0 Å². The van der Waals surface area contributed by atoms with Crippen molar-refractivity contribution in [1.29, 1.82) is 0 Å². The number of carbonyl (C=O) groups is 1. The van der Waals surface area contributed by atoms with E-state index < -0.39 is 12.6 Å². The van der Waals surface area contributed by atoms with Gasteiger partial charge in [0.25, 0.3) is 5.89 Å². The maximum absolute atomic E-state index is 10.9. The number of rotatable bonds is 6. The molecule has 0 fully saturated rings. The van der Waals surface area contributed by atoms with E-state index in [9.17, 15) is 4.79 Å². The highest BCUT2D eigenvalue weighted by Gasteiger charge is 2.21. The van der Waals surface area contributed by atoms with Crippen LogP contribution in [0.1, 0.15) is 11.1 Å². The number of halogens is 2. The van der Waals surface area contributed by atoms with Crippen LogP contribution in [0.15, 0.2) is 51.7 Å². The Morgan fingerprint density at radius 1 is 1.28 bits per heavy atom. The zero-order valence-electron chi connectivity index (χ0n) is 12.8. The SMILES string of the molecule is O=C(O)COc1ccc(Br)c(Cc2ccccc2Cl)c1-c1ncno1. The lowest BCUT2D eigenvalue weighted by atomic mass is 9.98. The van der Waals surface area contributed by atoms with Gasteiger partial charge in [-0.25, -0.2) is 4.79 Å². The molecule has 0 aliphatic carbocycles. The van der Waals surface area contributed by atoms with Gasteiger partial charge in [0.2, 0.25) is 0 Å². The molecule has 0 aliphatic rings. The van der Waals surface area contributed by atoms with Crippen molar-refractivity contribution in [3.63, 3.8) is 0 Å². The third-order valence-electron chi connectivity index (χ3n) is 3.47. The van der Waals surface area contributed by atoms with Crippen LogP contribution in [-0.2, 0) is 11.2 Å². The molecular formula is C17H12BrClN2O4. The van der Waals surface area contributed by atoms with E-state index in [0.717, 1.165) is 15.6 Å². The zero-order valence-corrected chi connectivity index (χ0v) is 15.1. The molecule has 0 radical (unpaired) electrons. The topological polar surface area (TPSA) is 85.5 Å². The predicted molar refractivity (Wildman–Crippen MR) is 94.8 cm³/mol. The largest absolute Gasteiger partial charge is 0.481 e. The minimum Gasteiger partial charge on any atom is -0.481 e. The Bertz CT molecular complexity index is 900. The maximum Gasteiger partial charge on any atom is 0.341 e. The first-order valence-corrected chi connectivity index (χ1v) is 8.39. The third-order valence-corrected chi connectivity index (χ3v) is 4.58. The van der Waals surface area contributed by atoms with Crippen molar-refractivity contribution in [3.8, 4) is 17.2 Å². The summed E-state index contributed by atoms with van der Waals surface area (Å²) in [5.41, 5.74) is 2.24. The van der Waals surface area contributed by atoms with Gasteiger partial charge in [0, 0.05) is 15.9 Å². The highest BCUT2D eigenvalue weighted by Crippen LogP contribution is 2.38. The van der Waals surface area contributed by atoms with Gasteiger partial charge in [-0.2, -0.15) is 4.98 Å². The Morgan fingerprint density at radius 3 is 2.76 bits per heavy atom. The molecule has 0 saturated heterocycles. The van der Waals surface area contributed by atoms with Crippen molar-refractivity contribution in [2.75, 3.05) is 6.61 Å². The Morgan fingerprint density at radius 2 is 2.08 bits per heavy atom. The molecule has 3 rings (SSSR count). The van der Waals surface area contributed by atoms with Crippen LogP contribution in [-0.4, -0.2) is 27.8 Å². The number of aliphatic carboxylic acids is 1. The molecule has 0 unspecified atom stereocenters. The summed E-state index contributed by atoms with van der Waals surface area (Å²) < 4.78 is 11.4. The lowest BCUT2D eigenvalue weighted by Crippen LogP contribution is -2.11. The predicted octanol–water partition coefficient (Wildman–Crippen LogP) is 4.21. The molecule has 128 valence electrons. The Hall–Kier alpha value is -2.38. The van der Waals surface area contributed by atoms with E-state index in [1.54, 1.807) is 12.1 Å². The number of benzene rings is 2. The van der Waals surface area contributed by atoms with Crippen LogP contribution < -0.4 is 4.74 Å². The first-order chi connectivity index (χ1) is 12.1. The molecule has 1 N–H and O–H groups in total. The minimum absolute atomic E-state index is 0.240. The van der Waals surface area contributed by atoms with Crippen LogP contribution in [0.2, 0.25) is 5.02 Å². The number of hydrogen-bond donors (Lipinski definition) is 1. The Labute approximate surface area is 156 Å². The summed E-state index contributed by atoms with van der Waals surface area (Å²) in [6, 6.07) is 10.9. The fraction of sp³-hybridized carbons (Fsp3) is 0.118. The van der Waals surface area contributed by atoms with Crippen molar-refractivity contribution >= 4 is 33.5 Å². The summed E-state index contributed by atoms with van der Waals surface area (Å²) in [5, 5.41) is 13.1. The van der Waals surface area contributed by atoms with E-state index in [1.807, 2.05) is 24.3 Å². The van der Waals surface area contributed by atoms with E-state index >= 15 is 0 Å². The van der Waals surface area contributed by atoms with Gasteiger partial charge in [0.05, 0.1) is 5.56 Å². The molecule has 3 aromatic rings. The fourth-order valence-corrected chi connectivity index (χ4v) is 3.06. The normalized spacial score (nSPS) is 10.6. The van der Waals surface area contributed by atoms with Crippen LogP contribution >= 0.6 is 27.5 Å². The second-order valence-electron chi connectivity index (χ2n) is 5.10. The van der Waals surface area contributed by atoms with Gasteiger partial charge in [0.1, 0.15) is 5.75 Å². The van der Waals surface area contributed by atoms with Crippen molar-refractivity contribution in [2.24, 2.45) is 0 Å². The van der Waals surface area contributed by atoms with Gasteiger partial charge < -0.3 is 14.4 Å². The number of nitrogens with zero attached hydrogens (tertiary/aromatic N) is 2. The van der Waals surface area contributed by atoms with E-state index in [2.05, 4.69) is 26.1 Å². The van der Waals surface area contributed by atoms with Gasteiger partial charge in [-0.05, 0) is 29.3 Å². The molecule has 0 atom stereocenters. The summed E-state index contributed by atoms with van der Waals surface area (Å²) in [6.07, 6.45) is 1.75. The summed E-state index contributed by atoms with van der Waals surface area (Å²) in [4.78, 5) is 14.9. The summed E-state index contributed by atoms with van der Waals surface area (Å²) >= 11 is 9.79. The number of hydrogen-bond acceptors (Lipinski definition) is 5. The monoisotopic (exact) mass is 422 g/mol. The second kappa shape index (κ2) is 7.67. The summed E-state index contributed by atoms with van der Waals surface area (Å²) in [5.74, 6) is -0.493. The van der Waals surface area contributed by atoms with Crippen molar-refractivity contribution < 1.29 is 19.2 Å².